The Morgan fingerprint density at radius 2 is 2.08 bits per heavy atom. The van der Waals surface area contributed by atoms with Gasteiger partial charge in [-0.3, -0.25) is 9.48 Å². The normalized spacial score (nSPS) is 11.2. The summed E-state index contributed by atoms with van der Waals surface area (Å²) in [6.07, 6.45) is 5.45. The predicted octanol–water partition coefficient (Wildman–Crippen LogP) is 2.30. The minimum absolute atomic E-state index is 0.162. The third-order valence-electron chi connectivity index (χ3n) is 3.78. The van der Waals surface area contributed by atoms with Crippen LogP contribution in [0.25, 0.3) is 23.5 Å². The second-order valence-electron chi connectivity index (χ2n) is 5.57. The standard InChI is InChI=1S/C18H19N5O3/c1-3-23-12(2)14(10-20-23)6-9-17-21-18(22-26-17)13-4-7-15(8-5-13)25-11-16(19)24/h4-10H,3,11H2,1-2H3,(H2,19,24)/b9-6+. The SMILES string of the molecule is CCn1ncc(/C=C/c2nc(-c3ccc(OCC(N)=O)cc3)no2)c1C. The molecule has 2 heterocycles. The van der Waals surface area contributed by atoms with Crippen LogP contribution in [-0.2, 0) is 11.3 Å². The van der Waals surface area contributed by atoms with Crippen LogP contribution in [-0.4, -0.2) is 32.4 Å². The molecule has 3 aromatic rings. The van der Waals surface area contributed by atoms with Crippen LogP contribution in [0.5, 0.6) is 5.75 Å². The van der Waals surface area contributed by atoms with Gasteiger partial charge in [0.15, 0.2) is 6.61 Å². The highest BCUT2D eigenvalue weighted by Gasteiger charge is 2.08. The van der Waals surface area contributed by atoms with Gasteiger partial charge in [-0.25, -0.2) is 0 Å². The molecule has 8 heteroatoms. The number of aromatic nitrogens is 4. The van der Waals surface area contributed by atoms with Crippen LogP contribution in [0.1, 0.15) is 24.1 Å². The summed E-state index contributed by atoms with van der Waals surface area (Å²) in [5.41, 5.74) is 7.90. The van der Waals surface area contributed by atoms with Crippen molar-refractivity contribution in [3.63, 3.8) is 0 Å². The maximum absolute atomic E-state index is 10.7. The first-order chi connectivity index (χ1) is 12.6. The molecule has 0 saturated heterocycles. The van der Waals surface area contributed by atoms with Gasteiger partial charge in [0.2, 0.25) is 5.82 Å². The van der Waals surface area contributed by atoms with Gasteiger partial charge in [0, 0.05) is 29.4 Å². The number of ether oxygens (including phenoxy) is 1. The summed E-state index contributed by atoms with van der Waals surface area (Å²) in [6.45, 7) is 4.72. The number of carbonyl (C=O) groups is 1. The topological polar surface area (TPSA) is 109 Å². The van der Waals surface area contributed by atoms with Crippen LogP contribution >= 0.6 is 0 Å². The van der Waals surface area contributed by atoms with E-state index < -0.39 is 5.91 Å². The molecule has 0 spiro atoms. The molecule has 0 aliphatic carbocycles. The minimum atomic E-state index is -0.525. The summed E-state index contributed by atoms with van der Waals surface area (Å²) in [5.74, 6) is 0.882. The van der Waals surface area contributed by atoms with Crippen molar-refractivity contribution in [1.29, 1.82) is 0 Å². The molecule has 0 unspecified atom stereocenters. The number of benzene rings is 1. The molecule has 0 radical (unpaired) electrons. The fourth-order valence-corrected chi connectivity index (χ4v) is 2.38. The lowest BCUT2D eigenvalue weighted by molar-refractivity contribution is -0.119. The highest BCUT2D eigenvalue weighted by Crippen LogP contribution is 2.20. The molecule has 1 amide bonds. The number of amides is 1. The van der Waals surface area contributed by atoms with Crippen molar-refractivity contribution in [2.24, 2.45) is 5.73 Å². The van der Waals surface area contributed by atoms with Crippen molar-refractivity contribution < 1.29 is 14.1 Å². The lowest BCUT2D eigenvalue weighted by atomic mass is 10.2. The van der Waals surface area contributed by atoms with Crippen LogP contribution in [0.3, 0.4) is 0 Å². The van der Waals surface area contributed by atoms with Crippen LogP contribution in [0.15, 0.2) is 35.0 Å². The van der Waals surface area contributed by atoms with E-state index in [0.29, 0.717) is 17.5 Å². The van der Waals surface area contributed by atoms with Crippen molar-refractivity contribution in [1.82, 2.24) is 19.9 Å². The molecule has 0 aliphatic heterocycles. The summed E-state index contributed by atoms with van der Waals surface area (Å²) in [6, 6.07) is 6.99. The van der Waals surface area contributed by atoms with Gasteiger partial charge in [-0.1, -0.05) is 5.16 Å². The first-order valence-electron chi connectivity index (χ1n) is 8.12. The zero-order chi connectivity index (χ0) is 18.5. The van der Waals surface area contributed by atoms with Crippen LogP contribution in [0, 0.1) is 6.92 Å². The first kappa shape index (κ1) is 17.4. The van der Waals surface area contributed by atoms with E-state index in [2.05, 4.69) is 15.2 Å². The molecule has 0 saturated carbocycles. The van der Waals surface area contributed by atoms with Gasteiger partial charge in [-0.05, 0) is 44.2 Å². The molecule has 0 atom stereocenters. The summed E-state index contributed by atoms with van der Waals surface area (Å²) in [7, 11) is 0. The number of rotatable bonds is 7. The van der Waals surface area contributed by atoms with Gasteiger partial charge in [-0.2, -0.15) is 10.1 Å². The van der Waals surface area contributed by atoms with Crippen LogP contribution < -0.4 is 10.5 Å². The lowest BCUT2D eigenvalue weighted by Gasteiger charge is -2.03. The molecule has 0 fully saturated rings. The Morgan fingerprint density at radius 1 is 1.31 bits per heavy atom. The maximum atomic E-state index is 10.7. The fraction of sp³-hybridized carbons (Fsp3) is 0.222. The quantitative estimate of drug-likeness (QED) is 0.698. The van der Waals surface area contributed by atoms with Crippen molar-refractivity contribution in [3.8, 4) is 17.1 Å². The molecule has 0 aliphatic rings. The van der Waals surface area contributed by atoms with Gasteiger partial charge in [0.25, 0.3) is 11.8 Å². The van der Waals surface area contributed by atoms with Crippen molar-refractivity contribution in [2.45, 2.75) is 20.4 Å². The smallest absolute Gasteiger partial charge is 0.255 e. The van der Waals surface area contributed by atoms with E-state index in [1.54, 1.807) is 36.5 Å². The van der Waals surface area contributed by atoms with Gasteiger partial charge in [-0.15, -0.1) is 0 Å². The number of nitrogens with zero attached hydrogens (tertiary/aromatic N) is 4. The second-order valence-corrected chi connectivity index (χ2v) is 5.57. The Labute approximate surface area is 150 Å². The molecule has 26 heavy (non-hydrogen) atoms. The van der Waals surface area contributed by atoms with Crippen LogP contribution in [0.2, 0.25) is 0 Å². The van der Waals surface area contributed by atoms with Gasteiger partial charge in [0.05, 0.1) is 6.20 Å². The average molecular weight is 353 g/mol. The third kappa shape index (κ3) is 3.97. The minimum Gasteiger partial charge on any atom is -0.484 e. The monoisotopic (exact) mass is 353 g/mol. The molecule has 1 aromatic carbocycles. The molecular weight excluding hydrogens is 334 g/mol. The van der Waals surface area contributed by atoms with E-state index in [1.807, 2.05) is 24.6 Å². The van der Waals surface area contributed by atoms with Gasteiger partial charge in [0.1, 0.15) is 5.75 Å². The zero-order valence-electron chi connectivity index (χ0n) is 14.5. The van der Waals surface area contributed by atoms with E-state index >= 15 is 0 Å². The number of hydrogen-bond donors (Lipinski definition) is 1. The molecule has 2 aromatic heterocycles. The summed E-state index contributed by atoms with van der Waals surface area (Å²) in [5, 5.41) is 8.26. The number of aryl methyl sites for hydroxylation is 1. The number of carbonyl (C=O) groups excluding carboxylic acids is 1. The molecule has 3 rings (SSSR count). The lowest BCUT2D eigenvalue weighted by Crippen LogP contribution is -2.19. The second kappa shape index (κ2) is 7.64. The summed E-state index contributed by atoms with van der Waals surface area (Å²) >= 11 is 0. The predicted molar refractivity (Wildman–Crippen MR) is 96.0 cm³/mol. The van der Waals surface area contributed by atoms with E-state index in [1.165, 1.54) is 0 Å². The van der Waals surface area contributed by atoms with E-state index in [0.717, 1.165) is 23.4 Å². The zero-order valence-corrected chi connectivity index (χ0v) is 14.5. The maximum Gasteiger partial charge on any atom is 0.255 e. The molecule has 8 nitrogen and oxygen atoms in total. The molecular formula is C18H19N5O3. The number of hydrogen-bond acceptors (Lipinski definition) is 6. The molecule has 2 N–H and O–H groups in total. The third-order valence-corrected chi connectivity index (χ3v) is 3.78. The van der Waals surface area contributed by atoms with Gasteiger partial charge < -0.3 is 15.0 Å². The van der Waals surface area contributed by atoms with Crippen molar-refractivity contribution in [3.05, 3.63) is 47.6 Å². The summed E-state index contributed by atoms with van der Waals surface area (Å²) < 4.78 is 12.4. The average Bonchev–Trinajstić information content (AvgIpc) is 3.25. The largest absolute Gasteiger partial charge is 0.484 e. The highest BCUT2D eigenvalue weighted by molar-refractivity contribution is 5.75. The van der Waals surface area contributed by atoms with E-state index in [9.17, 15) is 4.79 Å². The Hall–Kier alpha value is -3.42. The van der Waals surface area contributed by atoms with Crippen LogP contribution in [0.4, 0.5) is 0 Å². The van der Waals surface area contributed by atoms with Crippen molar-refractivity contribution in [2.75, 3.05) is 6.61 Å². The highest BCUT2D eigenvalue weighted by atomic mass is 16.5. The fourth-order valence-electron chi connectivity index (χ4n) is 2.38. The van der Waals surface area contributed by atoms with Gasteiger partial charge >= 0.3 is 0 Å². The Morgan fingerprint density at radius 3 is 2.73 bits per heavy atom. The molecule has 0 bridgehead atoms. The Balaban J connectivity index is 1.70. The van der Waals surface area contributed by atoms with Crippen molar-refractivity contribution >= 4 is 18.1 Å². The van der Waals surface area contributed by atoms with E-state index in [4.69, 9.17) is 15.0 Å². The number of primary amides is 1. The Kier molecular flexibility index (Phi) is 5.12. The summed E-state index contributed by atoms with van der Waals surface area (Å²) in [4.78, 5) is 15.1. The first-order valence-corrected chi connectivity index (χ1v) is 8.12. The van der Waals surface area contributed by atoms with E-state index in [-0.39, 0.29) is 6.61 Å². The Bertz CT molecular complexity index is 925. The molecule has 134 valence electrons. The number of nitrogens with two attached hydrogens (primary N) is 1.